The molecule has 0 saturated carbocycles. The van der Waals surface area contributed by atoms with E-state index in [1.165, 1.54) is 27.2 Å². The number of carbonyl (C=O) groups excluding carboxylic acids is 1. The minimum atomic E-state index is -3.58. The van der Waals surface area contributed by atoms with Crippen LogP contribution in [0.15, 0.2) is 11.8 Å². The molecule has 0 aliphatic rings. The van der Waals surface area contributed by atoms with Gasteiger partial charge in [0.15, 0.2) is 0 Å². The van der Waals surface area contributed by atoms with Crippen molar-refractivity contribution in [1.29, 1.82) is 0 Å². The molecule has 6 nitrogen and oxygen atoms in total. The predicted molar refractivity (Wildman–Crippen MR) is 64.4 cm³/mol. The van der Waals surface area contributed by atoms with Crippen LogP contribution in [0, 0.1) is 0 Å². The lowest BCUT2D eigenvalue weighted by atomic mass is 10.4. The third kappa shape index (κ3) is 5.35. The lowest BCUT2D eigenvalue weighted by molar-refractivity contribution is -0.125. The molecule has 0 aliphatic carbocycles. The van der Waals surface area contributed by atoms with Gasteiger partial charge in [0.05, 0.1) is 0 Å². The van der Waals surface area contributed by atoms with Gasteiger partial charge in [-0.15, -0.1) is 0 Å². The molecule has 0 radical (unpaired) electrons. The number of hydrogen-bond acceptors (Lipinski definition) is 5. The van der Waals surface area contributed by atoms with E-state index >= 15 is 0 Å². The number of phosphoric ester groups is 1. The van der Waals surface area contributed by atoms with Crippen molar-refractivity contribution in [3.05, 3.63) is 11.8 Å². The summed E-state index contributed by atoms with van der Waals surface area (Å²) in [5.74, 6) is -0.0137. The number of carbonyl (C=O) groups is 1. The fourth-order valence-corrected chi connectivity index (χ4v) is 1.86. The maximum atomic E-state index is 11.7. The average Bonchev–Trinajstić information content (AvgIpc) is 2.30. The number of hydrogen-bond donors (Lipinski definition) is 0. The van der Waals surface area contributed by atoms with E-state index in [2.05, 4.69) is 9.05 Å². The Morgan fingerprint density at radius 2 is 1.71 bits per heavy atom. The topological polar surface area (TPSA) is 65.1 Å². The van der Waals surface area contributed by atoms with Gasteiger partial charge in [0.25, 0.3) is 0 Å². The van der Waals surface area contributed by atoms with Crippen LogP contribution in [0.4, 0.5) is 0 Å². The molecule has 0 unspecified atom stereocenters. The second-order valence-corrected chi connectivity index (χ2v) is 4.98. The highest BCUT2D eigenvalue weighted by atomic mass is 31.2. The van der Waals surface area contributed by atoms with Crippen LogP contribution in [0.3, 0.4) is 0 Å². The minimum Gasteiger partial charge on any atom is -0.409 e. The zero-order valence-corrected chi connectivity index (χ0v) is 11.8. The van der Waals surface area contributed by atoms with E-state index in [1.807, 2.05) is 13.8 Å². The van der Waals surface area contributed by atoms with Crippen molar-refractivity contribution in [1.82, 2.24) is 4.90 Å². The largest absolute Gasteiger partial charge is 0.529 e. The van der Waals surface area contributed by atoms with Crippen LogP contribution in [0.5, 0.6) is 0 Å². The molecule has 0 bridgehead atoms. The lowest BCUT2D eigenvalue weighted by Crippen LogP contribution is -2.29. The van der Waals surface area contributed by atoms with E-state index in [9.17, 15) is 9.36 Å². The summed E-state index contributed by atoms with van der Waals surface area (Å²) >= 11 is 0. The van der Waals surface area contributed by atoms with Gasteiger partial charge in [-0.3, -0.25) is 13.8 Å². The Balaban J connectivity index is 4.65. The Bertz CT molecular complexity index is 317. The lowest BCUT2D eigenvalue weighted by Gasteiger charge is -2.18. The molecule has 0 spiro atoms. The molecule has 0 rings (SSSR count). The Kier molecular flexibility index (Phi) is 7.11. The van der Waals surface area contributed by atoms with Crippen LogP contribution in [-0.4, -0.2) is 38.1 Å². The highest BCUT2D eigenvalue weighted by Crippen LogP contribution is 2.49. The fraction of sp³-hybridized carbons (Fsp3) is 0.700. The number of allylic oxidation sites excluding steroid dienone is 1. The summed E-state index contributed by atoms with van der Waals surface area (Å²) in [5, 5.41) is 0. The van der Waals surface area contributed by atoms with Crippen molar-refractivity contribution < 1.29 is 22.9 Å². The second-order valence-electron chi connectivity index (χ2n) is 3.17. The predicted octanol–water partition coefficient (Wildman–Crippen LogP) is 2.18. The molecule has 0 aromatic carbocycles. The standard InChI is InChI=1S/C10H20NO5P/c1-6-11(7-2)10(12)8-9(3)16-17(13,14-4)15-5/h8H,6-7H2,1-5H3/b9-8+. The zero-order valence-electron chi connectivity index (χ0n) is 10.9. The van der Waals surface area contributed by atoms with Gasteiger partial charge in [-0.25, -0.2) is 4.57 Å². The normalized spacial score (nSPS) is 12.4. The highest BCUT2D eigenvalue weighted by molar-refractivity contribution is 7.48. The van der Waals surface area contributed by atoms with Gasteiger partial charge in [0, 0.05) is 33.4 Å². The van der Waals surface area contributed by atoms with Gasteiger partial charge in [-0.2, -0.15) is 0 Å². The van der Waals surface area contributed by atoms with Crippen molar-refractivity contribution in [3.63, 3.8) is 0 Å². The molecule has 100 valence electrons. The molecule has 0 atom stereocenters. The van der Waals surface area contributed by atoms with E-state index in [1.54, 1.807) is 4.90 Å². The Morgan fingerprint density at radius 1 is 1.24 bits per heavy atom. The van der Waals surface area contributed by atoms with Crippen molar-refractivity contribution in [2.75, 3.05) is 27.3 Å². The number of amides is 1. The second kappa shape index (κ2) is 7.48. The smallest absolute Gasteiger partial charge is 0.409 e. The summed E-state index contributed by atoms with van der Waals surface area (Å²) in [5.41, 5.74) is 0. The van der Waals surface area contributed by atoms with Crippen molar-refractivity contribution in [3.8, 4) is 0 Å². The number of rotatable bonds is 7. The summed E-state index contributed by atoms with van der Waals surface area (Å²) in [4.78, 5) is 13.3. The summed E-state index contributed by atoms with van der Waals surface area (Å²) in [6.45, 7) is 6.48. The molecule has 0 heterocycles. The van der Waals surface area contributed by atoms with Crippen molar-refractivity contribution >= 4 is 13.7 Å². The molecule has 0 aromatic heterocycles. The van der Waals surface area contributed by atoms with Crippen molar-refractivity contribution in [2.45, 2.75) is 20.8 Å². The first-order chi connectivity index (χ1) is 7.92. The van der Waals surface area contributed by atoms with E-state index in [4.69, 9.17) is 4.52 Å². The van der Waals surface area contributed by atoms with E-state index < -0.39 is 7.82 Å². The van der Waals surface area contributed by atoms with E-state index in [0.29, 0.717) is 13.1 Å². The molecule has 1 amide bonds. The fourth-order valence-electron chi connectivity index (χ4n) is 1.15. The van der Waals surface area contributed by atoms with E-state index in [-0.39, 0.29) is 11.7 Å². The monoisotopic (exact) mass is 265 g/mol. The number of likely N-dealkylation sites (N-methyl/N-ethyl adjacent to an activating group) is 1. The Morgan fingerprint density at radius 3 is 2.06 bits per heavy atom. The first kappa shape index (κ1) is 16.2. The molecule has 0 aromatic rings. The van der Waals surface area contributed by atoms with Gasteiger partial charge in [-0.1, -0.05) is 0 Å². The van der Waals surface area contributed by atoms with Gasteiger partial charge in [0.2, 0.25) is 5.91 Å². The molecule has 7 heteroatoms. The van der Waals surface area contributed by atoms with Crippen LogP contribution in [0.25, 0.3) is 0 Å². The molecule has 0 saturated heterocycles. The van der Waals surface area contributed by atoms with E-state index in [0.717, 1.165) is 0 Å². The van der Waals surface area contributed by atoms with Gasteiger partial charge < -0.3 is 9.42 Å². The molecule has 0 N–H and O–H groups in total. The molecule has 17 heavy (non-hydrogen) atoms. The molecular weight excluding hydrogens is 245 g/mol. The first-order valence-electron chi connectivity index (χ1n) is 5.30. The first-order valence-corrected chi connectivity index (χ1v) is 6.76. The SMILES string of the molecule is CCN(CC)C(=O)/C=C(\C)OP(=O)(OC)OC. The van der Waals surface area contributed by atoms with Crippen molar-refractivity contribution in [2.24, 2.45) is 0 Å². The zero-order chi connectivity index (χ0) is 13.5. The van der Waals surface area contributed by atoms with Crippen LogP contribution < -0.4 is 0 Å². The summed E-state index contributed by atoms with van der Waals surface area (Å²) in [6.07, 6.45) is 1.26. The Hall–Kier alpha value is -0.840. The van der Waals surface area contributed by atoms with Gasteiger partial charge in [0.1, 0.15) is 5.76 Å². The number of phosphoric acid groups is 1. The van der Waals surface area contributed by atoms with Crippen LogP contribution in [0.2, 0.25) is 0 Å². The maximum Gasteiger partial charge on any atom is 0.529 e. The summed E-state index contributed by atoms with van der Waals surface area (Å²) in [7, 11) is -1.16. The third-order valence-corrected chi connectivity index (χ3v) is 3.51. The van der Waals surface area contributed by atoms with Gasteiger partial charge in [-0.05, 0) is 20.8 Å². The maximum absolute atomic E-state index is 11.7. The van der Waals surface area contributed by atoms with Crippen LogP contribution in [-0.2, 0) is 22.9 Å². The third-order valence-electron chi connectivity index (χ3n) is 2.10. The average molecular weight is 265 g/mol. The minimum absolute atomic E-state index is 0.189. The van der Waals surface area contributed by atoms with Gasteiger partial charge >= 0.3 is 7.82 Å². The molecule has 0 fully saturated rings. The Labute approximate surface area is 102 Å². The number of nitrogens with zero attached hydrogens (tertiary/aromatic N) is 1. The quantitative estimate of drug-likeness (QED) is 0.401. The van der Waals surface area contributed by atoms with Crippen LogP contribution in [0.1, 0.15) is 20.8 Å². The van der Waals surface area contributed by atoms with Crippen LogP contribution >= 0.6 is 7.82 Å². The highest BCUT2D eigenvalue weighted by Gasteiger charge is 2.24. The summed E-state index contributed by atoms with van der Waals surface area (Å²) < 4.78 is 25.8. The summed E-state index contributed by atoms with van der Waals surface area (Å²) in [6, 6.07) is 0. The molecule has 0 aliphatic heterocycles. The molecular formula is C10H20NO5P.